The van der Waals surface area contributed by atoms with Gasteiger partial charge in [0.2, 0.25) is 5.95 Å². The molecule has 34 heavy (non-hydrogen) atoms. The molecule has 5 rings (SSSR count). The van der Waals surface area contributed by atoms with Crippen molar-refractivity contribution >= 4 is 11.6 Å². The molecular formula is C27H25FN6. The number of rotatable bonds is 6. The lowest BCUT2D eigenvalue weighted by atomic mass is 10.1. The molecule has 0 saturated heterocycles. The van der Waals surface area contributed by atoms with E-state index in [2.05, 4.69) is 48.4 Å². The standard InChI is InChI=1S/C27H25FN6/c1-17-3-5-20(6-4-17)18(2)31-27-30-13-11-23(32-27)26-25(21-7-9-22(28)10-8-21)33-24-15-19(16-29)12-14-34(24)26/h3-15,18H,16,29H2,1-2H3,(H,30,31,32). The van der Waals surface area contributed by atoms with Crippen molar-refractivity contribution in [3.05, 3.63) is 102 Å². The number of nitrogens with two attached hydrogens (primary N) is 1. The summed E-state index contributed by atoms with van der Waals surface area (Å²) < 4.78 is 15.6. The maximum Gasteiger partial charge on any atom is 0.223 e. The van der Waals surface area contributed by atoms with E-state index in [1.54, 1.807) is 18.3 Å². The Labute approximate surface area is 197 Å². The minimum Gasteiger partial charge on any atom is -0.348 e. The Bertz CT molecular complexity index is 1440. The van der Waals surface area contributed by atoms with Gasteiger partial charge in [0.25, 0.3) is 0 Å². The van der Waals surface area contributed by atoms with Gasteiger partial charge in [0.15, 0.2) is 0 Å². The molecule has 3 aromatic heterocycles. The quantitative estimate of drug-likeness (QED) is 0.354. The molecule has 170 valence electrons. The third-order valence-electron chi connectivity index (χ3n) is 5.87. The van der Waals surface area contributed by atoms with E-state index in [0.717, 1.165) is 28.0 Å². The number of pyridine rings is 1. The van der Waals surface area contributed by atoms with Gasteiger partial charge in [-0.15, -0.1) is 0 Å². The average molecular weight is 453 g/mol. The van der Waals surface area contributed by atoms with Crippen LogP contribution in [-0.2, 0) is 6.54 Å². The van der Waals surface area contributed by atoms with Crippen molar-refractivity contribution in [1.29, 1.82) is 0 Å². The van der Waals surface area contributed by atoms with Gasteiger partial charge in [0.05, 0.1) is 23.1 Å². The number of aromatic nitrogens is 4. The normalized spacial score (nSPS) is 12.1. The second-order valence-electron chi connectivity index (χ2n) is 8.33. The van der Waals surface area contributed by atoms with Crippen molar-refractivity contribution in [3.8, 4) is 22.6 Å². The SMILES string of the molecule is Cc1ccc(C(C)Nc2nccc(-c3c(-c4ccc(F)cc4)nc4cc(CN)ccn34)n2)cc1. The van der Waals surface area contributed by atoms with E-state index in [-0.39, 0.29) is 11.9 Å². The largest absolute Gasteiger partial charge is 0.348 e. The summed E-state index contributed by atoms with van der Waals surface area (Å²) in [6, 6.07) is 20.5. The molecule has 0 amide bonds. The smallest absolute Gasteiger partial charge is 0.223 e. The third kappa shape index (κ3) is 4.25. The van der Waals surface area contributed by atoms with Crippen LogP contribution in [0.2, 0.25) is 0 Å². The van der Waals surface area contributed by atoms with Gasteiger partial charge < -0.3 is 11.1 Å². The Morgan fingerprint density at radius 2 is 1.76 bits per heavy atom. The summed E-state index contributed by atoms with van der Waals surface area (Å²) in [4.78, 5) is 14.1. The van der Waals surface area contributed by atoms with E-state index in [4.69, 9.17) is 15.7 Å². The second kappa shape index (κ2) is 9.03. The molecule has 0 bridgehead atoms. The summed E-state index contributed by atoms with van der Waals surface area (Å²) in [5.41, 5.74) is 13.0. The van der Waals surface area contributed by atoms with E-state index < -0.39 is 0 Å². The lowest BCUT2D eigenvalue weighted by Gasteiger charge is -2.15. The minimum atomic E-state index is -0.293. The van der Waals surface area contributed by atoms with Crippen LogP contribution in [0.1, 0.15) is 29.7 Å². The second-order valence-corrected chi connectivity index (χ2v) is 8.33. The number of imidazole rings is 1. The zero-order valence-electron chi connectivity index (χ0n) is 19.0. The van der Waals surface area contributed by atoms with Crippen molar-refractivity contribution in [2.75, 3.05) is 5.32 Å². The zero-order chi connectivity index (χ0) is 23.7. The molecule has 0 fully saturated rings. The minimum absolute atomic E-state index is 0.0294. The van der Waals surface area contributed by atoms with Crippen molar-refractivity contribution in [2.24, 2.45) is 5.73 Å². The molecule has 5 aromatic rings. The number of halogens is 1. The van der Waals surface area contributed by atoms with Gasteiger partial charge in [-0.05, 0) is 67.4 Å². The molecule has 0 saturated carbocycles. The fraction of sp³-hybridized carbons (Fsp3) is 0.148. The maximum atomic E-state index is 13.6. The molecular weight excluding hydrogens is 427 g/mol. The van der Waals surface area contributed by atoms with Crippen molar-refractivity contribution in [1.82, 2.24) is 19.4 Å². The number of anilines is 1. The molecule has 0 radical (unpaired) electrons. The van der Waals surface area contributed by atoms with E-state index in [9.17, 15) is 4.39 Å². The Kier molecular flexibility index (Phi) is 5.77. The first-order chi connectivity index (χ1) is 16.5. The predicted octanol–water partition coefficient (Wildman–Crippen LogP) is 5.54. The lowest BCUT2D eigenvalue weighted by Crippen LogP contribution is -2.10. The van der Waals surface area contributed by atoms with Gasteiger partial charge in [-0.25, -0.2) is 19.3 Å². The van der Waals surface area contributed by atoms with Gasteiger partial charge >= 0.3 is 0 Å². The predicted molar refractivity (Wildman–Crippen MR) is 133 cm³/mol. The van der Waals surface area contributed by atoms with E-state index in [1.807, 2.05) is 28.8 Å². The average Bonchev–Trinajstić information content (AvgIpc) is 3.23. The summed E-state index contributed by atoms with van der Waals surface area (Å²) in [5, 5.41) is 3.39. The van der Waals surface area contributed by atoms with Crippen LogP contribution in [0.3, 0.4) is 0 Å². The van der Waals surface area contributed by atoms with Crippen LogP contribution < -0.4 is 11.1 Å². The van der Waals surface area contributed by atoms with Crippen LogP contribution >= 0.6 is 0 Å². The summed E-state index contributed by atoms with van der Waals surface area (Å²) in [6.07, 6.45) is 3.67. The monoisotopic (exact) mass is 452 g/mol. The van der Waals surface area contributed by atoms with E-state index >= 15 is 0 Å². The number of aryl methyl sites for hydroxylation is 1. The molecule has 1 atom stereocenters. The molecule has 0 spiro atoms. The fourth-order valence-corrected chi connectivity index (χ4v) is 3.96. The first kappa shape index (κ1) is 21.7. The lowest BCUT2D eigenvalue weighted by molar-refractivity contribution is 0.628. The van der Waals surface area contributed by atoms with E-state index in [0.29, 0.717) is 23.9 Å². The van der Waals surface area contributed by atoms with Gasteiger partial charge in [-0.2, -0.15) is 0 Å². The molecule has 0 aliphatic heterocycles. The molecule has 1 unspecified atom stereocenters. The van der Waals surface area contributed by atoms with Crippen LogP contribution in [-0.4, -0.2) is 19.4 Å². The maximum absolute atomic E-state index is 13.6. The molecule has 6 nitrogen and oxygen atoms in total. The highest BCUT2D eigenvalue weighted by molar-refractivity contribution is 5.80. The van der Waals surface area contributed by atoms with Crippen LogP contribution in [0.4, 0.5) is 10.3 Å². The van der Waals surface area contributed by atoms with Crippen LogP contribution in [0.5, 0.6) is 0 Å². The van der Waals surface area contributed by atoms with Gasteiger partial charge in [0, 0.05) is 24.5 Å². The zero-order valence-corrected chi connectivity index (χ0v) is 19.0. The number of benzene rings is 2. The summed E-state index contributed by atoms with van der Waals surface area (Å²) in [5.74, 6) is 0.224. The number of nitrogens with one attached hydrogen (secondary N) is 1. The summed E-state index contributed by atoms with van der Waals surface area (Å²) in [6.45, 7) is 4.57. The summed E-state index contributed by atoms with van der Waals surface area (Å²) in [7, 11) is 0. The topological polar surface area (TPSA) is 81.1 Å². The van der Waals surface area contributed by atoms with Gasteiger partial charge in [-0.3, -0.25) is 4.40 Å². The van der Waals surface area contributed by atoms with Gasteiger partial charge in [-0.1, -0.05) is 29.8 Å². The number of nitrogens with zero attached hydrogens (tertiary/aromatic N) is 4. The Hall–Kier alpha value is -4.10. The van der Waals surface area contributed by atoms with Crippen LogP contribution in [0, 0.1) is 12.7 Å². The number of hydrogen-bond acceptors (Lipinski definition) is 5. The third-order valence-corrected chi connectivity index (χ3v) is 5.87. The molecule has 7 heteroatoms. The highest BCUT2D eigenvalue weighted by Crippen LogP contribution is 2.32. The van der Waals surface area contributed by atoms with Gasteiger partial charge in [0.1, 0.15) is 11.5 Å². The number of fused-ring (bicyclic) bond motifs is 1. The molecule has 3 heterocycles. The number of hydrogen-bond donors (Lipinski definition) is 2. The van der Waals surface area contributed by atoms with Crippen molar-refractivity contribution in [2.45, 2.75) is 26.4 Å². The Morgan fingerprint density at radius 1 is 1.00 bits per heavy atom. The first-order valence-corrected chi connectivity index (χ1v) is 11.2. The molecule has 3 N–H and O–H groups in total. The molecule has 0 aliphatic carbocycles. The summed E-state index contributed by atoms with van der Waals surface area (Å²) >= 11 is 0. The van der Waals surface area contributed by atoms with Crippen LogP contribution in [0.15, 0.2) is 79.1 Å². The Morgan fingerprint density at radius 3 is 2.50 bits per heavy atom. The highest BCUT2D eigenvalue weighted by atomic mass is 19.1. The molecule has 0 aliphatic rings. The Balaban J connectivity index is 1.58. The molecule has 2 aromatic carbocycles. The van der Waals surface area contributed by atoms with Crippen molar-refractivity contribution in [3.63, 3.8) is 0 Å². The van der Waals surface area contributed by atoms with Crippen molar-refractivity contribution < 1.29 is 4.39 Å². The van der Waals surface area contributed by atoms with Crippen LogP contribution in [0.25, 0.3) is 28.3 Å². The van der Waals surface area contributed by atoms with E-state index in [1.165, 1.54) is 17.7 Å². The first-order valence-electron chi connectivity index (χ1n) is 11.2. The fourth-order valence-electron chi connectivity index (χ4n) is 3.96. The highest BCUT2D eigenvalue weighted by Gasteiger charge is 2.18.